The number of ether oxygens (including phenoxy) is 1. The predicted molar refractivity (Wildman–Crippen MR) is 72.6 cm³/mol. The van der Waals surface area contributed by atoms with E-state index in [0.29, 0.717) is 17.9 Å². The highest BCUT2D eigenvalue weighted by Crippen LogP contribution is 2.18. The number of likely N-dealkylation sites (N-methyl/N-ethyl adjacent to an activating group) is 1. The quantitative estimate of drug-likeness (QED) is 0.811. The predicted octanol–water partition coefficient (Wildman–Crippen LogP) is 1.26. The van der Waals surface area contributed by atoms with Gasteiger partial charge in [-0.1, -0.05) is 25.1 Å². The summed E-state index contributed by atoms with van der Waals surface area (Å²) in [5.41, 5.74) is 0.843. The largest absolute Gasteiger partial charge is 0.383 e. The second-order valence-corrected chi connectivity index (χ2v) is 6.40. The van der Waals surface area contributed by atoms with Crippen LogP contribution in [0, 0.1) is 0 Å². The first-order chi connectivity index (χ1) is 8.55. The molecular weight excluding hydrogens is 250 g/mol. The van der Waals surface area contributed by atoms with Gasteiger partial charge in [-0.3, -0.25) is 0 Å². The van der Waals surface area contributed by atoms with E-state index >= 15 is 0 Å². The Balaban J connectivity index is 3.03. The lowest BCUT2D eigenvalue weighted by Gasteiger charge is -2.17. The first kappa shape index (κ1) is 15.1. The van der Waals surface area contributed by atoms with Gasteiger partial charge in [0.15, 0.2) is 9.84 Å². The first-order valence-corrected chi connectivity index (χ1v) is 7.67. The Bertz CT molecular complexity index is 471. The molecule has 1 atom stereocenters. The van der Waals surface area contributed by atoms with Gasteiger partial charge >= 0.3 is 0 Å². The van der Waals surface area contributed by atoms with Gasteiger partial charge in [0.05, 0.1) is 17.3 Å². The van der Waals surface area contributed by atoms with Crippen LogP contribution in [0.1, 0.15) is 12.5 Å². The third-order valence-corrected chi connectivity index (χ3v) is 4.76. The van der Waals surface area contributed by atoms with Crippen LogP contribution in [0.2, 0.25) is 0 Å². The molecule has 18 heavy (non-hydrogen) atoms. The van der Waals surface area contributed by atoms with Gasteiger partial charge in [-0.25, -0.2) is 8.42 Å². The van der Waals surface area contributed by atoms with Crippen molar-refractivity contribution in [2.75, 3.05) is 26.5 Å². The maximum absolute atomic E-state index is 12.0. The van der Waals surface area contributed by atoms with E-state index in [1.807, 2.05) is 19.2 Å². The third-order valence-electron chi connectivity index (χ3n) is 2.93. The van der Waals surface area contributed by atoms with Gasteiger partial charge in [-0.05, 0) is 25.1 Å². The minimum atomic E-state index is -3.17. The van der Waals surface area contributed by atoms with Crippen LogP contribution >= 0.6 is 0 Å². The van der Waals surface area contributed by atoms with Gasteiger partial charge in [0, 0.05) is 13.2 Å². The van der Waals surface area contributed by atoms with Crippen molar-refractivity contribution in [3.8, 4) is 0 Å². The maximum atomic E-state index is 12.0. The number of methoxy groups -OCH3 is 1. The van der Waals surface area contributed by atoms with E-state index < -0.39 is 9.84 Å². The summed E-state index contributed by atoms with van der Waals surface area (Å²) in [5, 5.41) is 3.13. The molecule has 0 spiro atoms. The van der Waals surface area contributed by atoms with Gasteiger partial charge in [-0.2, -0.15) is 0 Å². The standard InChI is InChI=1S/C13H21NO3S/c1-4-18(15,16)13-8-6-5-7-11(13)9-12(14-2)10-17-3/h5-8,12,14H,4,9-10H2,1-3H3. The first-order valence-electron chi connectivity index (χ1n) is 6.02. The molecule has 1 rings (SSSR count). The lowest BCUT2D eigenvalue weighted by Crippen LogP contribution is -2.32. The Morgan fingerprint density at radius 2 is 2.00 bits per heavy atom. The average molecular weight is 271 g/mol. The summed E-state index contributed by atoms with van der Waals surface area (Å²) in [4.78, 5) is 0.434. The van der Waals surface area contributed by atoms with E-state index in [0.717, 1.165) is 5.56 Å². The number of sulfone groups is 1. The van der Waals surface area contributed by atoms with Gasteiger partial charge in [-0.15, -0.1) is 0 Å². The van der Waals surface area contributed by atoms with Crippen LogP contribution in [-0.4, -0.2) is 41.0 Å². The van der Waals surface area contributed by atoms with E-state index in [2.05, 4.69) is 5.32 Å². The van der Waals surface area contributed by atoms with E-state index in [9.17, 15) is 8.42 Å². The van der Waals surface area contributed by atoms with Crippen molar-refractivity contribution in [3.05, 3.63) is 29.8 Å². The monoisotopic (exact) mass is 271 g/mol. The van der Waals surface area contributed by atoms with E-state index in [-0.39, 0.29) is 11.8 Å². The molecule has 5 heteroatoms. The molecule has 4 nitrogen and oxygen atoms in total. The lowest BCUT2D eigenvalue weighted by atomic mass is 10.1. The fourth-order valence-corrected chi connectivity index (χ4v) is 2.99. The van der Waals surface area contributed by atoms with Crippen LogP contribution in [0.5, 0.6) is 0 Å². The molecule has 102 valence electrons. The highest BCUT2D eigenvalue weighted by atomic mass is 32.2. The van der Waals surface area contributed by atoms with Gasteiger partial charge < -0.3 is 10.1 Å². The molecule has 1 N–H and O–H groups in total. The van der Waals surface area contributed by atoms with Crippen molar-refractivity contribution >= 4 is 9.84 Å². The van der Waals surface area contributed by atoms with Crippen LogP contribution in [0.3, 0.4) is 0 Å². The summed E-state index contributed by atoms with van der Waals surface area (Å²) in [6, 6.07) is 7.28. The third kappa shape index (κ3) is 3.80. The number of benzene rings is 1. The highest BCUT2D eigenvalue weighted by molar-refractivity contribution is 7.91. The summed E-state index contributed by atoms with van der Waals surface area (Å²) in [6.07, 6.45) is 0.639. The molecule has 0 saturated heterocycles. The lowest BCUT2D eigenvalue weighted by molar-refractivity contribution is 0.169. The van der Waals surface area contributed by atoms with Crippen molar-refractivity contribution in [1.29, 1.82) is 0 Å². The molecule has 1 aromatic carbocycles. The Morgan fingerprint density at radius 3 is 2.56 bits per heavy atom. The molecule has 0 aliphatic heterocycles. The number of hydrogen-bond donors (Lipinski definition) is 1. The Hall–Kier alpha value is -0.910. The molecule has 0 saturated carbocycles. The maximum Gasteiger partial charge on any atom is 0.178 e. The number of rotatable bonds is 7. The normalized spacial score (nSPS) is 13.5. The smallest absolute Gasteiger partial charge is 0.178 e. The van der Waals surface area contributed by atoms with Crippen molar-refractivity contribution in [1.82, 2.24) is 5.32 Å². The minimum Gasteiger partial charge on any atom is -0.383 e. The Kier molecular flexibility index (Phi) is 5.78. The summed E-state index contributed by atoms with van der Waals surface area (Å²) in [7, 11) is 0.320. The molecule has 0 aromatic heterocycles. The van der Waals surface area contributed by atoms with E-state index in [4.69, 9.17) is 4.74 Å². The van der Waals surface area contributed by atoms with Crippen LogP contribution < -0.4 is 5.32 Å². The molecule has 0 aliphatic rings. The molecule has 1 unspecified atom stereocenters. The van der Waals surface area contributed by atoms with Gasteiger partial charge in [0.1, 0.15) is 0 Å². The van der Waals surface area contributed by atoms with Crippen molar-refractivity contribution in [3.63, 3.8) is 0 Å². The summed E-state index contributed by atoms with van der Waals surface area (Å²) < 4.78 is 29.1. The molecule has 0 radical (unpaired) electrons. The zero-order valence-electron chi connectivity index (χ0n) is 11.1. The molecule has 1 aromatic rings. The molecule has 0 heterocycles. The zero-order chi connectivity index (χ0) is 13.6. The second-order valence-electron chi connectivity index (χ2n) is 4.16. The fraction of sp³-hybridized carbons (Fsp3) is 0.538. The SMILES string of the molecule is CCS(=O)(=O)c1ccccc1CC(COC)NC. The average Bonchev–Trinajstić information content (AvgIpc) is 2.38. The molecule has 0 bridgehead atoms. The van der Waals surface area contributed by atoms with Crippen molar-refractivity contribution in [2.45, 2.75) is 24.3 Å². The van der Waals surface area contributed by atoms with Crippen molar-refractivity contribution in [2.24, 2.45) is 0 Å². The number of nitrogens with one attached hydrogen (secondary N) is 1. The Morgan fingerprint density at radius 1 is 1.33 bits per heavy atom. The summed E-state index contributed by atoms with van der Waals surface area (Å²) >= 11 is 0. The van der Waals surface area contributed by atoms with Crippen LogP contribution in [0.15, 0.2) is 29.2 Å². The highest BCUT2D eigenvalue weighted by Gasteiger charge is 2.18. The molecule has 0 fully saturated rings. The van der Waals surface area contributed by atoms with Crippen LogP contribution in [-0.2, 0) is 21.0 Å². The number of hydrogen-bond acceptors (Lipinski definition) is 4. The molecule has 0 amide bonds. The summed E-state index contributed by atoms with van der Waals surface area (Å²) in [5.74, 6) is 0.124. The van der Waals surface area contributed by atoms with E-state index in [1.165, 1.54) is 0 Å². The Labute approximate surface area is 109 Å². The molecular formula is C13H21NO3S. The van der Waals surface area contributed by atoms with Crippen LogP contribution in [0.4, 0.5) is 0 Å². The fourth-order valence-electron chi connectivity index (χ4n) is 1.84. The van der Waals surface area contributed by atoms with Gasteiger partial charge in [0.25, 0.3) is 0 Å². The minimum absolute atomic E-state index is 0.114. The van der Waals surface area contributed by atoms with Crippen LogP contribution in [0.25, 0.3) is 0 Å². The topological polar surface area (TPSA) is 55.4 Å². The van der Waals surface area contributed by atoms with Crippen molar-refractivity contribution < 1.29 is 13.2 Å². The van der Waals surface area contributed by atoms with Gasteiger partial charge in [0.2, 0.25) is 0 Å². The zero-order valence-corrected chi connectivity index (χ0v) is 12.0. The summed E-state index contributed by atoms with van der Waals surface area (Å²) in [6.45, 7) is 2.22. The molecule has 0 aliphatic carbocycles. The van der Waals surface area contributed by atoms with E-state index in [1.54, 1.807) is 26.2 Å². The second kappa shape index (κ2) is 6.87.